The summed E-state index contributed by atoms with van der Waals surface area (Å²) in [4.78, 5) is 19.4. The topological polar surface area (TPSA) is 80.5 Å². The summed E-state index contributed by atoms with van der Waals surface area (Å²) in [6.07, 6.45) is 0.668. The van der Waals surface area contributed by atoms with E-state index in [9.17, 15) is 4.79 Å². The maximum Gasteiger partial charge on any atom is 0.322 e. The van der Waals surface area contributed by atoms with E-state index in [1.807, 2.05) is 38.1 Å². The van der Waals surface area contributed by atoms with E-state index < -0.39 is 0 Å². The fourth-order valence-electron chi connectivity index (χ4n) is 3.08. The van der Waals surface area contributed by atoms with Crippen molar-refractivity contribution in [3.8, 4) is 0 Å². The molecule has 0 aliphatic carbocycles. The zero-order valence-electron chi connectivity index (χ0n) is 14.7. The van der Waals surface area contributed by atoms with Gasteiger partial charge < -0.3 is 19.5 Å². The number of carbonyl (C=O) groups excluding carboxylic acids is 1. The van der Waals surface area contributed by atoms with E-state index in [4.69, 9.17) is 14.2 Å². The normalized spacial score (nSPS) is 17.6. The predicted octanol–water partition coefficient (Wildman–Crippen LogP) is 3.76. The molecule has 8 heteroatoms. The van der Waals surface area contributed by atoms with Crippen LogP contribution in [0.5, 0.6) is 0 Å². The number of thiazole rings is 1. The molecule has 1 fully saturated rings. The number of hydrogen-bond acceptors (Lipinski definition) is 6. The summed E-state index contributed by atoms with van der Waals surface area (Å²) >= 11 is 1.60. The quantitative estimate of drug-likeness (QED) is 0.757. The van der Waals surface area contributed by atoms with Crippen molar-refractivity contribution in [2.75, 3.05) is 25.1 Å². The summed E-state index contributed by atoms with van der Waals surface area (Å²) in [5.74, 6) is 0.681. The van der Waals surface area contributed by atoms with Gasteiger partial charge in [0.2, 0.25) is 0 Å². The average Bonchev–Trinajstić information content (AvgIpc) is 3.25. The number of rotatable bonds is 3. The monoisotopic (exact) mass is 372 g/mol. The van der Waals surface area contributed by atoms with Crippen LogP contribution in [0.4, 0.5) is 10.5 Å². The van der Waals surface area contributed by atoms with Gasteiger partial charge in [-0.2, -0.15) is 0 Å². The van der Waals surface area contributed by atoms with Gasteiger partial charge in [-0.05, 0) is 19.1 Å². The number of nitrogens with one attached hydrogen (secondary N) is 1. The number of aryl methyl sites for hydroxylation is 2. The highest BCUT2D eigenvalue weighted by atomic mass is 32.1. The van der Waals surface area contributed by atoms with Gasteiger partial charge >= 0.3 is 6.03 Å². The number of urea groups is 1. The minimum atomic E-state index is -0.202. The van der Waals surface area contributed by atoms with Gasteiger partial charge in [-0.3, -0.25) is 0 Å². The van der Waals surface area contributed by atoms with E-state index >= 15 is 0 Å². The summed E-state index contributed by atoms with van der Waals surface area (Å²) in [6.45, 7) is 5.25. The molecule has 0 spiro atoms. The Morgan fingerprint density at radius 3 is 3.08 bits per heavy atom. The lowest BCUT2D eigenvalue weighted by Crippen LogP contribution is -2.45. The van der Waals surface area contributed by atoms with Crippen molar-refractivity contribution in [3.63, 3.8) is 0 Å². The maximum atomic E-state index is 13.0. The van der Waals surface area contributed by atoms with Gasteiger partial charge in [-0.25, -0.2) is 9.78 Å². The zero-order chi connectivity index (χ0) is 18.1. The summed E-state index contributed by atoms with van der Waals surface area (Å²) in [7, 11) is 0. The van der Waals surface area contributed by atoms with Crippen molar-refractivity contribution in [2.24, 2.45) is 0 Å². The second-order valence-electron chi connectivity index (χ2n) is 6.15. The molecule has 7 nitrogen and oxygen atoms in total. The first-order chi connectivity index (χ1) is 12.7. The summed E-state index contributed by atoms with van der Waals surface area (Å²) in [6, 6.07) is 7.60. The first-order valence-electron chi connectivity index (χ1n) is 8.63. The third kappa shape index (κ3) is 3.06. The average molecular weight is 372 g/mol. The van der Waals surface area contributed by atoms with E-state index in [0.717, 1.165) is 15.2 Å². The fourth-order valence-corrected chi connectivity index (χ4v) is 4.15. The molecule has 3 heterocycles. The Kier molecular flexibility index (Phi) is 4.60. The zero-order valence-corrected chi connectivity index (χ0v) is 15.5. The number of anilines is 1. The Hall–Kier alpha value is -2.45. The molecule has 1 atom stereocenters. The first kappa shape index (κ1) is 17.0. The molecule has 1 aliphatic rings. The standard InChI is InChI=1S/C18H20N4O3S/c1-3-14-16(11(2)21-25-14)20-18(23)22-8-9-24-10-13(22)17-19-12-6-4-5-7-15(12)26-17/h4-7,13H,3,8-10H2,1-2H3,(H,20,23). The van der Waals surface area contributed by atoms with Gasteiger partial charge in [-0.1, -0.05) is 24.2 Å². The van der Waals surface area contributed by atoms with Gasteiger partial charge in [0, 0.05) is 13.0 Å². The van der Waals surface area contributed by atoms with E-state index in [1.165, 1.54) is 0 Å². The number of carbonyl (C=O) groups is 1. The van der Waals surface area contributed by atoms with Crippen LogP contribution in [0.2, 0.25) is 0 Å². The number of fused-ring (bicyclic) bond motifs is 1. The van der Waals surface area contributed by atoms with Crippen LogP contribution in [0.25, 0.3) is 10.2 Å². The van der Waals surface area contributed by atoms with E-state index in [0.29, 0.717) is 43.3 Å². The highest BCUT2D eigenvalue weighted by molar-refractivity contribution is 7.18. The van der Waals surface area contributed by atoms with E-state index in [1.54, 1.807) is 16.2 Å². The Balaban J connectivity index is 1.60. The summed E-state index contributed by atoms with van der Waals surface area (Å²) < 4.78 is 12.0. The lowest BCUT2D eigenvalue weighted by Gasteiger charge is -2.34. The number of amides is 2. The molecule has 1 aromatic carbocycles. The number of benzene rings is 1. The molecular weight excluding hydrogens is 352 g/mol. The SMILES string of the molecule is CCc1onc(C)c1NC(=O)N1CCOCC1c1nc2ccccc2s1. The van der Waals surface area contributed by atoms with Crippen molar-refractivity contribution in [1.82, 2.24) is 15.0 Å². The molecule has 0 radical (unpaired) electrons. The molecule has 2 aromatic heterocycles. The second-order valence-corrected chi connectivity index (χ2v) is 7.22. The molecule has 0 saturated carbocycles. The molecule has 2 amide bonds. The van der Waals surface area contributed by atoms with Crippen molar-refractivity contribution in [1.29, 1.82) is 0 Å². The van der Waals surface area contributed by atoms with Crippen LogP contribution in [0.1, 0.15) is 29.4 Å². The molecule has 136 valence electrons. The van der Waals surface area contributed by atoms with Crippen molar-refractivity contribution in [2.45, 2.75) is 26.3 Å². The Morgan fingerprint density at radius 2 is 2.27 bits per heavy atom. The number of para-hydroxylation sites is 1. The van der Waals surface area contributed by atoms with E-state index in [-0.39, 0.29) is 12.1 Å². The Morgan fingerprint density at radius 1 is 1.42 bits per heavy atom. The lowest BCUT2D eigenvalue weighted by molar-refractivity contribution is 0.0147. The highest BCUT2D eigenvalue weighted by Crippen LogP contribution is 2.32. The molecular formula is C18H20N4O3S. The van der Waals surface area contributed by atoms with Gasteiger partial charge in [-0.15, -0.1) is 11.3 Å². The summed E-state index contributed by atoms with van der Waals surface area (Å²) in [5, 5.41) is 7.80. The minimum absolute atomic E-state index is 0.182. The van der Waals surface area contributed by atoms with E-state index in [2.05, 4.69) is 10.5 Å². The molecule has 1 unspecified atom stereocenters. The maximum absolute atomic E-state index is 13.0. The molecule has 1 N–H and O–H groups in total. The third-order valence-electron chi connectivity index (χ3n) is 4.47. The molecule has 1 aliphatic heterocycles. The van der Waals surface area contributed by atoms with Gasteiger partial charge in [0.15, 0.2) is 5.76 Å². The molecule has 26 heavy (non-hydrogen) atoms. The smallest absolute Gasteiger partial charge is 0.322 e. The summed E-state index contributed by atoms with van der Waals surface area (Å²) in [5.41, 5.74) is 2.29. The van der Waals surface area contributed by atoms with Crippen LogP contribution in [0.3, 0.4) is 0 Å². The number of morpholine rings is 1. The Bertz CT molecular complexity index is 903. The third-order valence-corrected chi connectivity index (χ3v) is 5.61. The van der Waals surface area contributed by atoms with Crippen LogP contribution in [-0.2, 0) is 11.2 Å². The van der Waals surface area contributed by atoms with Gasteiger partial charge in [0.05, 0.1) is 23.4 Å². The van der Waals surface area contributed by atoms with Gasteiger partial charge in [0.1, 0.15) is 22.4 Å². The van der Waals surface area contributed by atoms with Crippen LogP contribution in [-0.4, -0.2) is 40.8 Å². The predicted molar refractivity (Wildman–Crippen MR) is 99.5 cm³/mol. The number of nitrogens with zero attached hydrogens (tertiary/aromatic N) is 3. The first-order valence-corrected chi connectivity index (χ1v) is 9.45. The number of aromatic nitrogens is 2. The Labute approximate surface area is 154 Å². The van der Waals surface area contributed by atoms with Crippen LogP contribution in [0, 0.1) is 6.92 Å². The van der Waals surface area contributed by atoms with Gasteiger partial charge in [0.25, 0.3) is 0 Å². The van der Waals surface area contributed by atoms with Crippen LogP contribution < -0.4 is 5.32 Å². The number of hydrogen-bond donors (Lipinski definition) is 1. The fraction of sp³-hybridized carbons (Fsp3) is 0.389. The molecule has 3 aromatic rings. The van der Waals surface area contributed by atoms with Crippen molar-refractivity contribution >= 4 is 33.3 Å². The molecule has 4 rings (SSSR count). The van der Waals surface area contributed by atoms with Crippen LogP contribution in [0.15, 0.2) is 28.8 Å². The van der Waals surface area contributed by atoms with Crippen LogP contribution >= 0.6 is 11.3 Å². The van der Waals surface area contributed by atoms with Crippen molar-refractivity contribution < 1.29 is 14.1 Å². The lowest BCUT2D eigenvalue weighted by atomic mass is 10.2. The largest absolute Gasteiger partial charge is 0.377 e. The highest BCUT2D eigenvalue weighted by Gasteiger charge is 2.32. The second kappa shape index (κ2) is 7.05. The molecule has 1 saturated heterocycles. The number of ether oxygens (including phenoxy) is 1. The minimum Gasteiger partial charge on any atom is -0.377 e. The van der Waals surface area contributed by atoms with Crippen molar-refractivity contribution in [3.05, 3.63) is 40.7 Å². The molecule has 0 bridgehead atoms.